The van der Waals surface area contributed by atoms with Crippen molar-refractivity contribution in [2.24, 2.45) is 0 Å². The fourth-order valence-electron chi connectivity index (χ4n) is 3.15. The molecule has 0 radical (unpaired) electrons. The number of nitrogens with zero attached hydrogens (tertiary/aromatic N) is 1. The maximum atomic E-state index is 12.5. The Bertz CT molecular complexity index is 1170. The van der Waals surface area contributed by atoms with Gasteiger partial charge in [-0.2, -0.15) is 0 Å². The van der Waals surface area contributed by atoms with Crippen LogP contribution < -0.4 is 9.47 Å². The van der Waals surface area contributed by atoms with E-state index in [1.54, 1.807) is 14.0 Å². The fraction of sp³-hybridized carbons (Fsp3) is 0.130. The molecule has 0 spiro atoms. The average molecular weight is 373 g/mol. The summed E-state index contributed by atoms with van der Waals surface area (Å²) in [6.07, 6.45) is 1.47. The minimum atomic E-state index is -0.476. The first-order chi connectivity index (χ1) is 13.7. The van der Waals surface area contributed by atoms with Crippen molar-refractivity contribution in [1.82, 2.24) is 4.98 Å². The second-order valence-corrected chi connectivity index (χ2v) is 6.19. The molecule has 0 aliphatic carbocycles. The molecule has 4 aromatic rings. The van der Waals surface area contributed by atoms with E-state index in [0.717, 1.165) is 10.8 Å². The predicted molar refractivity (Wildman–Crippen MR) is 108 cm³/mol. The first kappa shape index (κ1) is 17.8. The number of para-hydroxylation sites is 1. The van der Waals surface area contributed by atoms with Crippen LogP contribution in [0.15, 0.2) is 66.9 Å². The number of rotatable bonds is 5. The molecule has 5 nitrogen and oxygen atoms in total. The molecule has 0 saturated carbocycles. The Morgan fingerprint density at radius 1 is 1.00 bits per heavy atom. The monoisotopic (exact) mass is 373 g/mol. The van der Waals surface area contributed by atoms with Gasteiger partial charge in [0.25, 0.3) is 0 Å². The summed E-state index contributed by atoms with van der Waals surface area (Å²) in [5, 5.41) is 2.84. The third-order valence-electron chi connectivity index (χ3n) is 4.47. The number of pyridine rings is 1. The Labute approximate surface area is 162 Å². The summed E-state index contributed by atoms with van der Waals surface area (Å²) in [5.74, 6) is 1.16. The summed E-state index contributed by atoms with van der Waals surface area (Å²) >= 11 is 0. The van der Waals surface area contributed by atoms with E-state index in [1.807, 2.05) is 60.7 Å². The van der Waals surface area contributed by atoms with Crippen LogP contribution in [0, 0.1) is 0 Å². The molecular formula is C23H19NO4. The van der Waals surface area contributed by atoms with Gasteiger partial charge in [-0.3, -0.25) is 4.98 Å². The quantitative estimate of drug-likeness (QED) is 0.441. The average Bonchev–Trinajstić information content (AvgIpc) is 2.73. The van der Waals surface area contributed by atoms with Crippen LogP contribution in [0.4, 0.5) is 0 Å². The normalized spacial score (nSPS) is 10.8. The van der Waals surface area contributed by atoms with Crippen molar-refractivity contribution in [1.29, 1.82) is 0 Å². The highest BCUT2D eigenvalue weighted by Crippen LogP contribution is 2.37. The van der Waals surface area contributed by atoms with Crippen molar-refractivity contribution < 1.29 is 19.0 Å². The Morgan fingerprint density at radius 2 is 1.82 bits per heavy atom. The number of esters is 1. The van der Waals surface area contributed by atoms with Crippen LogP contribution in [0.3, 0.4) is 0 Å². The number of hydrogen-bond acceptors (Lipinski definition) is 5. The molecule has 0 aliphatic rings. The smallest absolute Gasteiger partial charge is 0.343 e. The number of fused-ring (bicyclic) bond motifs is 2. The van der Waals surface area contributed by atoms with Crippen LogP contribution in [0.25, 0.3) is 21.7 Å². The number of hydrogen-bond donors (Lipinski definition) is 0. The Hall–Kier alpha value is -3.60. The zero-order chi connectivity index (χ0) is 19.5. The molecule has 0 aliphatic heterocycles. The molecule has 0 fully saturated rings. The zero-order valence-electron chi connectivity index (χ0n) is 15.6. The lowest BCUT2D eigenvalue weighted by Gasteiger charge is -2.14. The molecule has 0 saturated heterocycles. The Balaban J connectivity index is 1.88. The summed E-state index contributed by atoms with van der Waals surface area (Å²) < 4.78 is 16.8. The van der Waals surface area contributed by atoms with Gasteiger partial charge in [0.15, 0.2) is 5.75 Å². The van der Waals surface area contributed by atoms with Crippen LogP contribution in [-0.2, 0) is 4.74 Å². The van der Waals surface area contributed by atoms with Crippen molar-refractivity contribution in [3.63, 3.8) is 0 Å². The third kappa shape index (κ3) is 3.22. The number of aromatic nitrogens is 1. The van der Waals surface area contributed by atoms with Crippen LogP contribution in [0.1, 0.15) is 17.3 Å². The van der Waals surface area contributed by atoms with E-state index in [1.165, 1.54) is 6.20 Å². The van der Waals surface area contributed by atoms with Gasteiger partial charge in [-0.05, 0) is 42.0 Å². The van der Waals surface area contributed by atoms with Crippen molar-refractivity contribution in [3.05, 3.63) is 72.4 Å². The number of ether oxygens (including phenoxy) is 3. The van der Waals surface area contributed by atoms with Gasteiger partial charge in [0.05, 0.1) is 13.7 Å². The van der Waals surface area contributed by atoms with Crippen LogP contribution in [0.5, 0.6) is 17.2 Å². The van der Waals surface area contributed by atoms with Gasteiger partial charge in [-0.25, -0.2) is 4.79 Å². The molecule has 1 heterocycles. The van der Waals surface area contributed by atoms with Crippen molar-refractivity contribution in [2.75, 3.05) is 13.7 Å². The minimum absolute atomic E-state index is 0.268. The molecule has 0 N–H and O–H groups in total. The third-order valence-corrected chi connectivity index (χ3v) is 4.47. The van der Waals surface area contributed by atoms with Crippen molar-refractivity contribution in [2.45, 2.75) is 6.92 Å². The van der Waals surface area contributed by atoms with Gasteiger partial charge in [0, 0.05) is 11.6 Å². The van der Waals surface area contributed by atoms with Gasteiger partial charge in [0.2, 0.25) is 0 Å². The number of carbonyl (C=O) groups excluding carboxylic acids is 1. The zero-order valence-corrected chi connectivity index (χ0v) is 15.6. The summed E-state index contributed by atoms with van der Waals surface area (Å²) in [7, 11) is 1.58. The van der Waals surface area contributed by atoms with Crippen LogP contribution >= 0.6 is 0 Å². The maximum Gasteiger partial charge on any atom is 0.343 e. The highest BCUT2D eigenvalue weighted by atomic mass is 16.5. The fourth-order valence-corrected chi connectivity index (χ4v) is 3.15. The number of benzene rings is 3. The lowest BCUT2D eigenvalue weighted by molar-refractivity contribution is 0.0523. The van der Waals surface area contributed by atoms with E-state index in [-0.39, 0.29) is 12.2 Å². The van der Waals surface area contributed by atoms with Gasteiger partial charge >= 0.3 is 5.97 Å². The van der Waals surface area contributed by atoms with Crippen molar-refractivity contribution >= 4 is 27.6 Å². The SMILES string of the molecule is CCOC(=O)c1cnc2c(OC)cccc2c1Oc1ccc2ccccc2c1. The maximum absolute atomic E-state index is 12.5. The Morgan fingerprint density at radius 3 is 2.61 bits per heavy atom. The lowest BCUT2D eigenvalue weighted by Crippen LogP contribution is -2.08. The highest BCUT2D eigenvalue weighted by Gasteiger charge is 2.20. The summed E-state index contributed by atoms with van der Waals surface area (Å²) in [5.41, 5.74) is 0.893. The molecule has 0 amide bonds. The summed E-state index contributed by atoms with van der Waals surface area (Å²) in [6.45, 7) is 2.03. The molecule has 1 aromatic heterocycles. The van der Waals surface area contributed by atoms with E-state index >= 15 is 0 Å². The standard InChI is InChI=1S/C23H19NO4/c1-3-27-23(25)19-14-24-21-18(9-6-10-20(21)26-2)22(19)28-17-12-11-15-7-4-5-8-16(15)13-17/h4-14H,3H2,1-2H3. The second kappa shape index (κ2) is 7.56. The van der Waals surface area contributed by atoms with Crippen LogP contribution in [0.2, 0.25) is 0 Å². The number of methoxy groups -OCH3 is 1. The Kier molecular flexibility index (Phi) is 4.81. The first-order valence-corrected chi connectivity index (χ1v) is 9.00. The van der Waals surface area contributed by atoms with Gasteiger partial charge in [0.1, 0.15) is 22.6 Å². The van der Waals surface area contributed by atoms with Gasteiger partial charge in [-0.15, -0.1) is 0 Å². The van der Waals surface area contributed by atoms with E-state index in [4.69, 9.17) is 14.2 Å². The van der Waals surface area contributed by atoms with Gasteiger partial charge < -0.3 is 14.2 Å². The molecule has 3 aromatic carbocycles. The molecule has 5 heteroatoms. The lowest BCUT2D eigenvalue weighted by atomic mass is 10.1. The largest absolute Gasteiger partial charge is 0.494 e. The minimum Gasteiger partial charge on any atom is -0.494 e. The second-order valence-electron chi connectivity index (χ2n) is 6.19. The molecule has 0 bridgehead atoms. The first-order valence-electron chi connectivity index (χ1n) is 9.00. The summed E-state index contributed by atoms with van der Waals surface area (Å²) in [6, 6.07) is 19.3. The summed E-state index contributed by atoms with van der Waals surface area (Å²) in [4.78, 5) is 16.9. The molecule has 0 unspecified atom stereocenters. The van der Waals surface area contributed by atoms with Gasteiger partial charge in [-0.1, -0.05) is 36.4 Å². The van der Waals surface area contributed by atoms with E-state index in [0.29, 0.717) is 28.2 Å². The van der Waals surface area contributed by atoms with E-state index in [2.05, 4.69) is 4.98 Å². The molecule has 140 valence electrons. The molecule has 0 atom stereocenters. The molecular weight excluding hydrogens is 354 g/mol. The highest BCUT2D eigenvalue weighted by molar-refractivity contribution is 6.01. The molecule has 28 heavy (non-hydrogen) atoms. The van der Waals surface area contributed by atoms with Crippen LogP contribution in [-0.4, -0.2) is 24.7 Å². The predicted octanol–water partition coefficient (Wildman–Crippen LogP) is 5.37. The van der Waals surface area contributed by atoms with E-state index < -0.39 is 5.97 Å². The topological polar surface area (TPSA) is 57.7 Å². The number of carbonyl (C=O) groups is 1. The molecule has 4 rings (SSSR count). The van der Waals surface area contributed by atoms with Crippen molar-refractivity contribution in [3.8, 4) is 17.2 Å². The van der Waals surface area contributed by atoms with E-state index in [9.17, 15) is 4.79 Å².